The lowest BCUT2D eigenvalue weighted by molar-refractivity contribution is 0.222. The number of urea groups is 1. The number of guanidine groups is 1. The molecule has 0 saturated carbocycles. The molecule has 0 atom stereocenters. The van der Waals surface area contributed by atoms with E-state index in [4.69, 9.17) is 9.52 Å². The Kier molecular flexibility index (Phi) is 8.32. The first-order valence-electron chi connectivity index (χ1n) is 11.3. The van der Waals surface area contributed by atoms with Crippen molar-refractivity contribution in [1.82, 2.24) is 20.7 Å². The number of carbonyl (C=O) groups excluding carboxylic acids is 1. The highest BCUT2D eigenvalue weighted by molar-refractivity contribution is 5.89. The molecule has 8 nitrogen and oxygen atoms in total. The van der Waals surface area contributed by atoms with Gasteiger partial charge in [-0.1, -0.05) is 31.1 Å². The summed E-state index contributed by atoms with van der Waals surface area (Å²) in [4.78, 5) is 18.9. The summed E-state index contributed by atoms with van der Waals surface area (Å²) in [7, 11) is 0. The summed E-state index contributed by atoms with van der Waals surface area (Å²) in [5.74, 6) is 1.65. The van der Waals surface area contributed by atoms with Gasteiger partial charge in [-0.05, 0) is 43.9 Å². The average molecular weight is 427 g/mol. The van der Waals surface area contributed by atoms with E-state index in [-0.39, 0.29) is 6.03 Å². The van der Waals surface area contributed by atoms with Crippen LogP contribution in [0, 0.1) is 0 Å². The Balaban J connectivity index is 1.62. The van der Waals surface area contributed by atoms with Crippen molar-refractivity contribution in [2.45, 2.75) is 59.5 Å². The second-order valence-electron chi connectivity index (χ2n) is 7.61. The fourth-order valence-corrected chi connectivity index (χ4v) is 3.69. The Hall–Kier alpha value is -3.03. The van der Waals surface area contributed by atoms with Crippen LogP contribution < -0.4 is 16.0 Å². The number of aryl methyl sites for hydroxylation is 2. The molecule has 168 valence electrons. The van der Waals surface area contributed by atoms with Crippen LogP contribution in [0.5, 0.6) is 0 Å². The summed E-state index contributed by atoms with van der Waals surface area (Å²) >= 11 is 0. The van der Waals surface area contributed by atoms with Crippen LogP contribution in [0.3, 0.4) is 0 Å². The molecule has 2 amide bonds. The lowest BCUT2D eigenvalue weighted by Crippen LogP contribution is -2.37. The van der Waals surface area contributed by atoms with E-state index >= 15 is 0 Å². The standard InChI is InChI=1S/C23H34N6O2/c1-4-20-19(21(5-2)31-28-20)16-26-22(24-6-3)25-15-17-10-9-11-18(14-17)27-23(30)29-12-7-8-13-29/h9-11,14H,4-8,12-13,15-16H2,1-3H3,(H,27,30)(H2,24,25,26). The molecule has 1 aliphatic heterocycles. The van der Waals surface area contributed by atoms with Crippen LogP contribution in [-0.4, -0.2) is 41.7 Å². The molecule has 0 spiro atoms. The molecule has 31 heavy (non-hydrogen) atoms. The van der Waals surface area contributed by atoms with Crippen molar-refractivity contribution in [1.29, 1.82) is 0 Å². The number of nitrogens with zero attached hydrogens (tertiary/aromatic N) is 3. The molecule has 3 N–H and O–H groups in total. The summed E-state index contributed by atoms with van der Waals surface area (Å²) < 4.78 is 5.45. The lowest BCUT2D eigenvalue weighted by Gasteiger charge is -2.16. The van der Waals surface area contributed by atoms with Gasteiger partial charge in [0.1, 0.15) is 5.76 Å². The largest absolute Gasteiger partial charge is 0.361 e. The van der Waals surface area contributed by atoms with Crippen molar-refractivity contribution in [3.63, 3.8) is 0 Å². The first kappa shape index (κ1) is 22.7. The number of nitrogens with one attached hydrogen (secondary N) is 3. The number of benzene rings is 1. The number of hydrogen-bond acceptors (Lipinski definition) is 4. The van der Waals surface area contributed by atoms with Crippen LogP contribution in [0.25, 0.3) is 0 Å². The van der Waals surface area contributed by atoms with Gasteiger partial charge >= 0.3 is 6.03 Å². The van der Waals surface area contributed by atoms with Gasteiger partial charge in [-0.2, -0.15) is 0 Å². The minimum atomic E-state index is -0.0275. The van der Waals surface area contributed by atoms with Crippen LogP contribution in [0.2, 0.25) is 0 Å². The molecule has 1 aromatic heterocycles. The molecular weight excluding hydrogens is 392 g/mol. The van der Waals surface area contributed by atoms with E-state index in [1.54, 1.807) is 0 Å². The molecule has 2 aromatic rings. The molecule has 0 bridgehead atoms. The van der Waals surface area contributed by atoms with Gasteiger partial charge in [0.25, 0.3) is 0 Å². The molecule has 0 aliphatic carbocycles. The molecule has 1 aliphatic rings. The summed E-state index contributed by atoms with van der Waals surface area (Å²) in [5.41, 5.74) is 3.93. The minimum absolute atomic E-state index is 0.0275. The minimum Gasteiger partial charge on any atom is -0.361 e. The van der Waals surface area contributed by atoms with Crippen molar-refractivity contribution in [3.05, 3.63) is 46.8 Å². The van der Waals surface area contributed by atoms with Gasteiger partial charge in [-0.25, -0.2) is 9.79 Å². The summed E-state index contributed by atoms with van der Waals surface area (Å²) in [5, 5.41) is 13.8. The van der Waals surface area contributed by atoms with E-state index in [1.165, 1.54) is 0 Å². The van der Waals surface area contributed by atoms with Gasteiger partial charge in [-0.15, -0.1) is 0 Å². The van der Waals surface area contributed by atoms with Gasteiger partial charge in [-0.3, -0.25) is 0 Å². The third-order valence-electron chi connectivity index (χ3n) is 5.38. The SMILES string of the molecule is CCNC(=NCc1cccc(NC(=O)N2CCCC2)c1)NCc1c(CC)noc1CC. The molecule has 1 aromatic carbocycles. The fourth-order valence-electron chi connectivity index (χ4n) is 3.69. The molecule has 2 heterocycles. The van der Waals surface area contributed by atoms with E-state index in [0.717, 1.165) is 79.5 Å². The maximum Gasteiger partial charge on any atom is 0.321 e. The van der Waals surface area contributed by atoms with Crippen LogP contribution in [0.15, 0.2) is 33.8 Å². The quantitative estimate of drug-likeness (QED) is 0.442. The number of aliphatic imine (C=N–C) groups is 1. The summed E-state index contributed by atoms with van der Waals surface area (Å²) in [6, 6.07) is 7.83. The van der Waals surface area contributed by atoms with Gasteiger partial charge in [0, 0.05) is 43.9 Å². The van der Waals surface area contributed by atoms with Crippen molar-refractivity contribution < 1.29 is 9.32 Å². The monoisotopic (exact) mass is 426 g/mol. The van der Waals surface area contributed by atoms with E-state index in [0.29, 0.717) is 13.1 Å². The number of anilines is 1. The Bertz CT molecular complexity index is 864. The topological polar surface area (TPSA) is 94.8 Å². The van der Waals surface area contributed by atoms with Crippen molar-refractivity contribution in [3.8, 4) is 0 Å². The van der Waals surface area contributed by atoms with Crippen LogP contribution in [0.4, 0.5) is 10.5 Å². The highest BCUT2D eigenvalue weighted by Crippen LogP contribution is 2.16. The van der Waals surface area contributed by atoms with Gasteiger partial charge in [0.15, 0.2) is 5.96 Å². The second kappa shape index (κ2) is 11.4. The second-order valence-corrected chi connectivity index (χ2v) is 7.61. The van der Waals surface area contributed by atoms with E-state index in [1.807, 2.05) is 36.1 Å². The Morgan fingerprint density at radius 1 is 1.16 bits per heavy atom. The van der Waals surface area contributed by atoms with Crippen LogP contribution in [-0.2, 0) is 25.9 Å². The summed E-state index contributed by atoms with van der Waals surface area (Å²) in [6.07, 6.45) is 3.81. The third kappa shape index (κ3) is 6.23. The van der Waals surface area contributed by atoms with Gasteiger partial charge in [0.05, 0.1) is 12.2 Å². The predicted molar refractivity (Wildman–Crippen MR) is 123 cm³/mol. The van der Waals surface area contributed by atoms with Gasteiger partial charge < -0.3 is 25.4 Å². The molecule has 8 heteroatoms. The molecule has 1 fully saturated rings. The molecule has 1 saturated heterocycles. The van der Waals surface area contributed by atoms with Crippen LogP contribution >= 0.6 is 0 Å². The molecule has 0 unspecified atom stereocenters. The Labute approximate surface area is 184 Å². The zero-order chi connectivity index (χ0) is 22.1. The molecular formula is C23H34N6O2. The number of hydrogen-bond donors (Lipinski definition) is 3. The lowest BCUT2D eigenvalue weighted by atomic mass is 10.1. The fraction of sp³-hybridized carbons (Fsp3) is 0.522. The Morgan fingerprint density at radius 2 is 1.97 bits per heavy atom. The zero-order valence-electron chi connectivity index (χ0n) is 18.8. The third-order valence-corrected chi connectivity index (χ3v) is 5.38. The van der Waals surface area contributed by atoms with Crippen LogP contribution in [0.1, 0.15) is 56.2 Å². The first-order chi connectivity index (χ1) is 15.1. The molecule has 0 radical (unpaired) electrons. The number of amides is 2. The smallest absolute Gasteiger partial charge is 0.321 e. The average Bonchev–Trinajstić information content (AvgIpc) is 3.45. The maximum atomic E-state index is 12.3. The van der Waals surface area contributed by atoms with Crippen molar-refractivity contribution in [2.75, 3.05) is 25.0 Å². The van der Waals surface area contributed by atoms with Gasteiger partial charge in [0.2, 0.25) is 0 Å². The predicted octanol–water partition coefficient (Wildman–Crippen LogP) is 3.68. The maximum absolute atomic E-state index is 12.3. The summed E-state index contributed by atoms with van der Waals surface area (Å²) in [6.45, 7) is 9.75. The van der Waals surface area contributed by atoms with Crippen molar-refractivity contribution >= 4 is 17.7 Å². The normalized spacial score (nSPS) is 14.0. The van der Waals surface area contributed by atoms with E-state index in [9.17, 15) is 4.79 Å². The number of rotatable bonds is 8. The highest BCUT2D eigenvalue weighted by atomic mass is 16.5. The Morgan fingerprint density at radius 3 is 2.68 bits per heavy atom. The number of aromatic nitrogens is 1. The van der Waals surface area contributed by atoms with E-state index in [2.05, 4.69) is 35.0 Å². The molecule has 3 rings (SSSR count). The zero-order valence-corrected chi connectivity index (χ0v) is 18.8. The number of likely N-dealkylation sites (tertiary alicyclic amines) is 1. The first-order valence-corrected chi connectivity index (χ1v) is 11.3. The number of carbonyl (C=O) groups is 1. The van der Waals surface area contributed by atoms with E-state index < -0.39 is 0 Å². The highest BCUT2D eigenvalue weighted by Gasteiger charge is 2.17. The van der Waals surface area contributed by atoms with Crippen molar-refractivity contribution in [2.24, 2.45) is 4.99 Å².